The molecule has 0 atom stereocenters. The normalized spacial score (nSPS) is 13.6. The van der Waals surface area contributed by atoms with Crippen LogP contribution in [0.2, 0.25) is 0 Å². The Bertz CT molecular complexity index is 1150. The Kier molecular flexibility index (Phi) is 4.48. The standard InChI is InChI=1S/C21H20N2O5S/c1-21(2,25)13-11-18(28-12-13)29(26,27)23-20(24)22-19-16-9-5-3-7-14(16)15-8-4-6-10-17(15)19/h3-12,19,25H,1-2H3,(H2,22,23,24). The molecule has 1 aromatic heterocycles. The zero-order valence-corrected chi connectivity index (χ0v) is 16.7. The minimum Gasteiger partial charge on any atom is -0.451 e. The van der Waals surface area contributed by atoms with Crippen LogP contribution >= 0.6 is 0 Å². The highest BCUT2D eigenvalue weighted by molar-refractivity contribution is 7.89. The first-order valence-corrected chi connectivity index (χ1v) is 10.5. The van der Waals surface area contributed by atoms with Crippen molar-refractivity contribution in [2.75, 3.05) is 0 Å². The van der Waals surface area contributed by atoms with Gasteiger partial charge in [-0.25, -0.2) is 9.52 Å². The number of furan rings is 1. The van der Waals surface area contributed by atoms with Gasteiger partial charge in [0.2, 0.25) is 5.09 Å². The molecule has 1 aliphatic rings. The van der Waals surface area contributed by atoms with Crippen LogP contribution in [0.1, 0.15) is 36.6 Å². The lowest BCUT2D eigenvalue weighted by molar-refractivity contribution is 0.0779. The van der Waals surface area contributed by atoms with E-state index in [4.69, 9.17) is 4.42 Å². The molecule has 1 aliphatic carbocycles. The highest BCUT2D eigenvalue weighted by Crippen LogP contribution is 2.42. The second-order valence-corrected chi connectivity index (χ2v) is 9.01. The maximum absolute atomic E-state index is 12.5. The van der Waals surface area contributed by atoms with Crippen molar-refractivity contribution < 1.29 is 22.7 Å². The Balaban J connectivity index is 1.57. The summed E-state index contributed by atoms with van der Waals surface area (Å²) in [5, 5.41) is 12.3. The molecule has 8 heteroatoms. The maximum Gasteiger partial charge on any atom is 0.329 e. The van der Waals surface area contributed by atoms with Crippen molar-refractivity contribution in [3.8, 4) is 11.1 Å². The zero-order valence-electron chi connectivity index (χ0n) is 15.8. The third-order valence-corrected chi connectivity index (χ3v) is 6.08. The van der Waals surface area contributed by atoms with Gasteiger partial charge in [0.05, 0.1) is 17.9 Å². The van der Waals surface area contributed by atoms with Crippen LogP contribution in [-0.4, -0.2) is 19.6 Å². The van der Waals surface area contributed by atoms with E-state index in [2.05, 4.69) is 5.32 Å². The molecule has 0 spiro atoms. The second kappa shape index (κ2) is 6.75. The number of carbonyl (C=O) groups is 1. The van der Waals surface area contributed by atoms with Crippen LogP contribution in [0.3, 0.4) is 0 Å². The van der Waals surface area contributed by atoms with Crippen molar-refractivity contribution in [3.63, 3.8) is 0 Å². The molecule has 1 heterocycles. The molecule has 2 amide bonds. The summed E-state index contributed by atoms with van der Waals surface area (Å²) in [4.78, 5) is 12.5. The summed E-state index contributed by atoms with van der Waals surface area (Å²) in [5.74, 6) is 0. The smallest absolute Gasteiger partial charge is 0.329 e. The van der Waals surface area contributed by atoms with Gasteiger partial charge in [0, 0.05) is 11.6 Å². The molecule has 3 aromatic rings. The van der Waals surface area contributed by atoms with Gasteiger partial charge in [-0.05, 0) is 36.1 Å². The van der Waals surface area contributed by atoms with Crippen molar-refractivity contribution in [1.82, 2.24) is 10.0 Å². The van der Waals surface area contributed by atoms with Crippen molar-refractivity contribution in [2.24, 2.45) is 0 Å². The van der Waals surface area contributed by atoms with Crippen LogP contribution in [0.5, 0.6) is 0 Å². The molecule has 150 valence electrons. The van der Waals surface area contributed by atoms with E-state index in [9.17, 15) is 18.3 Å². The second-order valence-electron chi connectivity index (χ2n) is 7.40. The van der Waals surface area contributed by atoms with Gasteiger partial charge in [0.15, 0.2) is 0 Å². The Morgan fingerprint density at radius 1 is 1.03 bits per heavy atom. The molecule has 3 N–H and O–H groups in total. The summed E-state index contributed by atoms with van der Waals surface area (Å²) in [6.45, 7) is 3.01. The van der Waals surface area contributed by atoms with Crippen LogP contribution in [0, 0.1) is 0 Å². The minimum atomic E-state index is -4.24. The monoisotopic (exact) mass is 412 g/mol. The number of carbonyl (C=O) groups excluding carboxylic acids is 1. The number of fused-ring (bicyclic) bond motifs is 3. The fourth-order valence-corrected chi connectivity index (χ4v) is 4.28. The van der Waals surface area contributed by atoms with Gasteiger partial charge in [0.1, 0.15) is 0 Å². The quantitative estimate of drug-likeness (QED) is 0.609. The predicted molar refractivity (Wildman–Crippen MR) is 107 cm³/mol. The summed E-state index contributed by atoms with van der Waals surface area (Å²) in [6, 6.07) is 15.1. The lowest BCUT2D eigenvalue weighted by Gasteiger charge is -2.16. The fraction of sp³-hybridized carbons (Fsp3) is 0.190. The van der Waals surface area contributed by atoms with E-state index < -0.39 is 32.8 Å². The highest BCUT2D eigenvalue weighted by atomic mass is 32.2. The van der Waals surface area contributed by atoms with E-state index in [0.717, 1.165) is 28.5 Å². The van der Waals surface area contributed by atoms with Gasteiger partial charge in [-0.3, -0.25) is 0 Å². The van der Waals surface area contributed by atoms with Crippen LogP contribution in [0.25, 0.3) is 11.1 Å². The lowest BCUT2D eigenvalue weighted by Crippen LogP contribution is -2.41. The highest BCUT2D eigenvalue weighted by Gasteiger charge is 2.31. The summed E-state index contributed by atoms with van der Waals surface area (Å²) < 4.78 is 32.0. The van der Waals surface area contributed by atoms with Gasteiger partial charge < -0.3 is 14.8 Å². The van der Waals surface area contributed by atoms with Gasteiger partial charge >= 0.3 is 6.03 Å². The number of sulfonamides is 1. The van der Waals surface area contributed by atoms with E-state index in [1.165, 1.54) is 19.9 Å². The van der Waals surface area contributed by atoms with Crippen LogP contribution in [-0.2, 0) is 15.6 Å². The van der Waals surface area contributed by atoms with Crippen molar-refractivity contribution >= 4 is 16.1 Å². The molecular weight excluding hydrogens is 392 g/mol. The summed E-state index contributed by atoms with van der Waals surface area (Å²) in [5.41, 5.74) is 2.80. The van der Waals surface area contributed by atoms with Gasteiger partial charge in [-0.15, -0.1) is 0 Å². The summed E-state index contributed by atoms with van der Waals surface area (Å²) in [6.07, 6.45) is 1.15. The van der Waals surface area contributed by atoms with E-state index in [1.807, 2.05) is 53.3 Å². The third kappa shape index (κ3) is 3.52. The first-order chi connectivity index (χ1) is 13.7. The first kappa shape index (κ1) is 19.2. The Morgan fingerprint density at radius 2 is 1.59 bits per heavy atom. The zero-order chi connectivity index (χ0) is 20.8. The largest absolute Gasteiger partial charge is 0.451 e. The first-order valence-electron chi connectivity index (χ1n) is 9.00. The topological polar surface area (TPSA) is 109 Å². The number of hydrogen-bond donors (Lipinski definition) is 3. The number of benzene rings is 2. The molecule has 0 aliphatic heterocycles. The Morgan fingerprint density at radius 3 is 2.10 bits per heavy atom. The molecule has 2 aromatic carbocycles. The minimum absolute atomic E-state index is 0.289. The molecule has 0 radical (unpaired) electrons. The molecule has 0 bridgehead atoms. The van der Waals surface area contributed by atoms with E-state index in [-0.39, 0.29) is 5.56 Å². The molecule has 0 saturated heterocycles. The molecular formula is C21H20N2O5S. The van der Waals surface area contributed by atoms with Gasteiger partial charge in [-0.1, -0.05) is 48.5 Å². The van der Waals surface area contributed by atoms with Crippen LogP contribution < -0.4 is 10.0 Å². The van der Waals surface area contributed by atoms with E-state index in [0.29, 0.717) is 0 Å². The van der Waals surface area contributed by atoms with Crippen LogP contribution in [0.4, 0.5) is 4.79 Å². The average Bonchev–Trinajstić information content (AvgIpc) is 3.27. The van der Waals surface area contributed by atoms with Crippen molar-refractivity contribution in [2.45, 2.75) is 30.6 Å². The predicted octanol–water partition coefficient (Wildman–Crippen LogP) is 3.26. The maximum atomic E-state index is 12.5. The Labute approximate surface area is 168 Å². The molecule has 0 saturated carbocycles. The molecule has 0 unspecified atom stereocenters. The summed E-state index contributed by atoms with van der Waals surface area (Å²) >= 11 is 0. The fourth-order valence-electron chi connectivity index (χ4n) is 3.42. The van der Waals surface area contributed by atoms with E-state index in [1.54, 1.807) is 0 Å². The summed E-state index contributed by atoms with van der Waals surface area (Å²) in [7, 11) is -4.24. The number of nitrogens with one attached hydrogen (secondary N) is 2. The van der Waals surface area contributed by atoms with Crippen LogP contribution in [0.15, 0.2) is 70.4 Å². The molecule has 0 fully saturated rings. The SMILES string of the molecule is CC(C)(O)c1coc(S(=O)(=O)NC(=O)NC2c3ccccc3-c3ccccc32)c1. The third-order valence-electron chi connectivity index (χ3n) is 4.88. The number of amides is 2. The number of aliphatic hydroxyl groups is 1. The lowest BCUT2D eigenvalue weighted by atomic mass is 10.0. The molecule has 7 nitrogen and oxygen atoms in total. The van der Waals surface area contributed by atoms with E-state index >= 15 is 0 Å². The van der Waals surface area contributed by atoms with Gasteiger partial charge in [0.25, 0.3) is 10.0 Å². The average molecular weight is 412 g/mol. The molecule has 29 heavy (non-hydrogen) atoms. The molecule has 4 rings (SSSR count). The Hall–Kier alpha value is -3.10. The van der Waals surface area contributed by atoms with Crippen molar-refractivity contribution in [1.29, 1.82) is 0 Å². The van der Waals surface area contributed by atoms with Gasteiger partial charge in [-0.2, -0.15) is 8.42 Å². The van der Waals surface area contributed by atoms with Crippen molar-refractivity contribution in [3.05, 3.63) is 77.6 Å². The number of rotatable bonds is 4. The number of urea groups is 1. The number of hydrogen-bond acceptors (Lipinski definition) is 5.